The minimum absolute atomic E-state index is 0.0384. The van der Waals surface area contributed by atoms with Gasteiger partial charge in [0.2, 0.25) is 0 Å². The van der Waals surface area contributed by atoms with Crippen LogP contribution in [0.4, 0.5) is 0 Å². The molecule has 158 valence electrons. The summed E-state index contributed by atoms with van der Waals surface area (Å²) in [6, 6.07) is 38.0. The molecule has 0 atom stereocenters. The Morgan fingerprint density at radius 3 is 1.25 bits per heavy atom. The number of ketones is 1. The lowest BCUT2D eigenvalue weighted by Crippen LogP contribution is -2.38. The summed E-state index contributed by atoms with van der Waals surface area (Å²) in [5.41, 5.74) is 0.795. The fraction of sp³-hybridized carbons (Fsp3) is 0.0357. The van der Waals surface area contributed by atoms with E-state index in [1.807, 2.05) is 121 Å². The van der Waals surface area contributed by atoms with Gasteiger partial charge >= 0.3 is 5.97 Å². The van der Waals surface area contributed by atoms with E-state index in [4.69, 9.17) is 0 Å². The number of Topliss-reactive ketones (excluding diaryl/α,β-unsaturated/α-hetero) is 1. The minimum atomic E-state index is -2.95. The fourth-order valence-electron chi connectivity index (χ4n) is 4.10. The summed E-state index contributed by atoms with van der Waals surface area (Å²) < 4.78 is 0. The number of carbonyl (C=O) groups excluding carboxylic acids is 1. The van der Waals surface area contributed by atoms with Gasteiger partial charge in [-0.2, -0.15) is 0 Å². The Morgan fingerprint density at radius 2 is 0.906 bits per heavy atom. The highest BCUT2D eigenvalue weighted by atomic mass is 31.2. The van der Waals surface area contributed by atoms with E-state index >= 15 is 0 Å². The van der Waals surface area contributed by atoms with Gasteiger partial charge in [0.05, 0.1) is 0 Å². The van der Waals surface area contributed by atoms with E-state index in [0.29, 0.717) is 0 Å². The number of rotatable bonds is 7. The highest BCUT2D eigenvalue weighted by Gasteiger charge is 2.36. The average molecular weight is 438 g/mol. The average Bonchev–Trinajstić information content (AvgIpc) is 2.84. The number of hydrogen-bond acceptors (Lipinski definition) is 2. The number of hydrogen-bond donors (Lipinski definition) is 1. The van der Waals surface area contributed by atoms with E-state index in [9.17, 15) is 14.7 Å². The highest BCUT2D eigenvalue weighted by Crippen LogP contribution is 2.46. The molecule has 0 amide bonds. The molecule has 4 rings (SSSR count). The molecule has 0 aliphatic rings. The number of carboxylic acids is 1. The van der Waals surface area contributed by atoms with Gasteiger partial charge in [-0.1, -0.05) is 121 Å². The van der Waals surface area contributed by atoms with Gasteiger partial charge in [-0.05, 0) is 28.4 Å². The Labute approximate surface area is 188 Å². The van der Waals surface area contributed by atoms with Gasteiger partial charge < -0.3 is 5.11 Å². The number of aliphatic carboxylic acids is 1. The molecule has 0 unspecified atom stereocenters. The lowest BCUT2D eigenvalue weighted by atomic mass is 10.1. The Bertz CT molecular complexity index is 1160. The van der Waals surface area contributed by atoms with Crippen molar-refractivity contribution in [3.63, 3.8) is 0 Å². The van der Waals surface area contributed by atoms with Crippen LogP contribution in [0.25, 0.3) is 0 Å². The second-order valence-corrected chi connectivity index (χ2v) is 10.8. The van der Waals surface area contributed by atoms with E-state index in [0.717, 1.165) is 21.5 Å². The van der Waals surface area contributed by atoms with Gasteiger partial charge in [0.15, 0.2) is 5.78 Å². The molecule has 4 aromatic rings. The second kappa shape index (κ2) is 9.64. The first-order valence-corrected chi connectivity index (χ1v) is 12.2. The van der Waals surface area contributed by atoms with Crippen molar-refractivity contribution in [1.29, 1.82) is 0 Å². The van der Waals surface area contributed by atoms with Crippen molar-refractivity contribution in [3.05, 3.63) is 127 Å². The zero-order valence-corrected chi connectivity index (χ0v) is 18.4. The Kier molecular flexibility index (Phi) is 6.49. The number of benzene rings is 4. The van der Waals surface area contributed by atoms with Crippen molar-refractivity contribution >= 4 is 39.8 Å². The first kappa shape index (κ1) is 21.5. The van der Waals surface area contributed by atoms with E-state index < -0.39 is 12.9 Å². The largest absolute Gasteiger partial charge is 0.478 e. The highest BCUT2D eigenvalue weighted by molar-refractivity contribution is 7.97. The summed E-state index contributed by atoms with van der Waals surface area (Å²) in [5, 5.41) is 13.0. The van der Waals surface area contributed by atoms with Crippen LogP contribution in [0.2, 0.25) is 0 Å². The summed E-state index contributed by atoms with van der Waals surface area (Å²) in [7, 11) is 0. The summed E-state index contributed by atoms with van der Waals surface area (Å²) in [4.78, 5) is 26.6. The topological polar surface area (TPSA) is 54.4 Å². The third-order valence-corrected chi connectivity index (χ3v) is 9.77. The second-order valence-electron chi connectivity index (χ2n) is 7.42. The van der Waals surface area contributed by atoms with E-state index in [1.165, 1.54) is 0 Å². The van der Waals surface area contributed by atoms with Crippen LogP contribution >= 0.6 is 6.89 Å². The van der Waals surface area contributed by atoms with Crippen molar-refractivity contribution in [1.82, 2.24) is 0 Å². The van der Waals surface area contributed by atoms with Crippen LogP contribution in [-0.2, 0) is 16.0 Å². The van der Waals surface area contributed by atoms with Crippen molar-refractivity contribution in [2.24, 2.45) is 0 Å². The Morgan fingerprint density at radius 1 is 0.562 bits per heavy atom. The molecular weight excluding hydrogens is 415 g/mol. The quantitative estimate of drug-likeness (QED) is 0.350. The van der Waals surface area contributed by atoms with Crippen LogP contribution in [0.1, 0.15) is 5.56 Å². The third-order valence-electron chi connectivity index (χ3n) is 5.44. The third kappa shape index (κ3) is 4.08. The maximum atomic E-state index is 13.7. The zero-order chi connectivity index (χ0) is 22.4. The van der Waals surface area contributed by atoms with E-state index in [2.05, 4.69) is 0 Å². The van der Waals surface area contributed by atoms with Gasteiger partial charge in [0, 0.05) is 6.42 Å². The standard InChI is InChI=1S/C28H23O3P/c29-26(21-22-13-5-1-6-14-22)27(28(30)31)32(23-15-7-2-8-16-23,24-17-9-3-10-18-24)25-19-11-4-12-20-25/h1-20H,21H2,(H,30,31). The molecule has 0 heterocycles. The number of carboxylic acid groups (broad SMARTS) is 1. The van der Waals surface area contributed by atoms with Crippen molar-refractivity contribution < 1.29 is 14.7 Å². The van der Waals surface area contributed by atoms with Crippen LogP contribution in [0, 0.1) is 0 Å². The molecule has 0 bridgehead atoms. The van der Waals surface area contributed by atoms with Crippen LogP contribution < -0.4 is 15.9 Å². The maximum Gasteiger partial charge on any atom is 0.340 e. The van der Waals surface area contributed by atoms with E-state index in [-0.39, 0.29) is 17.5 Å². The van der Waals surface area contributed by atoms with Crippen molar-refractivity contribution in [2.45, 2.75) is 6.42 Å². The van der Waals surface area contributed by atoms with Gasteiger partial charge in [-0.25, -0.2) is 4.79 Å². The summed E-state index contributed by atoms with van der Waals surface area (Å²) in [5.74, 6) is -1.54. The van der Waals surface area contributed by atoms with E-state index in [1.54, 1.807) is 0 Å². The molecule has 0 saturated carbocycles. The molecule has 0 radical (unpaired) electrons. The molecule has 4 heteroatoms. The molecule has 0 saturated heterocycles. The normalized spacial score (nSPS) is 11.0. The Hall–Kier alpha value is -3.68. The number of carbonyl (C=O) groups is 2. The van der Waals surface area contributed by atoms with Crippen molar-refractivity contribution in [3.8, 4) is 0 Å². The minimum Gasteiger partial charge on any atom is -0.478 e. The smallest absolute Gasteiger partial charge is 0.340 e. The van der Waals surface area contributed by atoms with Crippen LogP contribution in [0.3, 0.4) is 0 Å². The molecule has 0 aromatic heterocycles. The first-order valence-electron chi connectivity index (χ1n) is 10.4. The molecule has 0 fully saturated rings. The van der Waals surface area contributed by atoms with Crippen LogP contribution in [-0.4, -0.2) is 22.2 Å². The lowest BCUT2D eigenvalue weighted by Gasteiger charge is -2.31. The molecule has 32 heavy (non-hydrogen) atoms. The van der Waals surface area contributed by atoms with Gasteiger partial charge in [0.25, 0.3) is 0 Å². The molecule has 3 nitrogen and oxygen atoms in total. The van der Waals surface area contributed by atoms with Gasteiger partial charge in [-0.3, -0.25) is 4.79 Å². The molecule has 0 aliphatic heterocycles. The first-order chi connectivity index (χ1) is 15.6. The molecule has 1 N–H and O–H groups in total. The molecular formula is C28H23O3P. The molecule has 0 aliphatic carbocycles. The monoisotopic (exact) mass is 438 g/mol. The summed E-state index contributed by atoms with van der Waals surface area (Å²) in [6.07, 6.45) is 0.0384. The van der Waals surface area contributed by atoms with Gasteiger partial charge in [0.1, 0.15) is 5.29 Å². The predicted molar refractivity (Wildman–Crippen MR) is 133 cm³/mol. The summed E-state index contributed by atoms with van der Waals surface area (Å²) in [6.45, 7) is -2.95. The van der Waals surface area contributed by atoms with Crippen LogP contribution in [0.15, 0.2) is 121 Å². The SMILES string of the molecule is O=C(O)C(C(=O)Cc1ccccc1)=P(c1ccccc1)(c1ccccc1)c1ccccc1. The lowest BCUT2D eigenvalue weighted by molar-refractivity contribution is -0.130. The Balaban J connectivity index is 2.14. The summed E-state index contributed by atoms with van der Waals surface area (Å²) >= 11 is 0. The fourth-order valence-corrected chi connectivity index (χ4v) is 8.37. The predicted octanol–water partition coefficient (Wildman–Crippen LogP) is 4.05. The van der Waals surface area contributed by atoms with Gasteiger partial charge in [-0.15, -0.1) is 0 Å². The van der Waals surface area contributed by atoms with Crippen molar-refractivity contribution in [2.75, 3.05) is 0 Å². The molecule has 0 spiro atoms. The molecule has 4 aromatic carbocycles. The maximum absolute atomic E-state index is 13.7. The van der Waals surface area contributed by atoms with Crippen LogP contribution in [0.5, 0.6) is 0 Å². The zero-order valence-electron chi connectivity index (χ0n) is 17.5.